The Hall–Kier alpha value is -5.47. The predicted molar refractivity (Wildman–Crippen MR) is 141 cm³/mol. The largest absolute Gasteiger partial charge is 0.508 e. The Bertz CT molecular complexity index is 1400. The smallest absolute Gasteiger partial charge is 0.358 e. The summed E-state index contributed by atoms with van der Waals surface area (Å²) in [6.45, 7) is -0.0459. The number of hydrogen-bond acceptors (Lipinski definition) is 9. The molecule has 2 heterocycles. The molecule has 2 aromatic rings. The first-order valence-electron chi connectivity index (χ1n) is 12.9. The van der Waals surface area contributed by atoms with Crippen LogP contribution in [0.5, 0.6) is 11.5 Å². The topological polar surface area (TPSA) is 203 Å². The van der Waals surface area contributed by atoms with Crippen molar-refractivity contribution >= 4 is 42.0 Å². The number of aliphatic carboxylic acids is 1. The van der Waals surface area contributed by atoms with Gasteiger partial charge >= 0.3 is 18.0 Å². The van der Waals surface area contributed by atoms with Crippen molar-refractivity contribution in [3.8, 4) is 11.5 Å². The number of amides is 5. The number of carbonyl (C=O) groups is 7. The second kappa shape index (κ2) is 12.8. The van der Waals surface area contributed by atoms with E-state index < -0.39 is 54.2 Å². The number of hydrazine groups is 2. The lowest BCUT2D eigenvalue weighted by Crippen LogP contribution is -2.64. The minimum atomic E-state index is -1.33. The van der Waals surface area contributed by atoms with E-state index in [0.29, 0.717) is 6.42 Å². The summed E-state index contributed by atoms with van der Waals surface area (Å²) >= 11 is 0. The summed E-state index contributed by atoms with van der Waals surface area (Å²) in [5.41, 5.74) is 2.73. The number of carbonyl (C=O) groups excluding carboxylic acids is 6. The number of esters is 1. The average Bonchev–Trinajstić information content (AvgIpc) is 3.09. The molecule has 2 saturated heterocycles. The third-order valence-corrected chi connectivity index (χ3v) is 6.52. The highest BCUT2D eigenvalue weighted by molar-refractivity contribution is 5.97. The summed E-state index contributed by atoms with van der Waals surface area (Å²) in [5.74, 6) is -3.87. The Kier molecular flexibility index (Phi) is 8.99. The third-order valence-electron chi connectivity index (χ3n) is 6.52. The number of urea groups is 1. The van der Waals surface area contributed by atoms with E-state index in [4.69, 9.17) is 9.84 Å². The fraction of sp³-hybridized carbons (Fsp3) is 0.296. The summed E-state index contributed by atoms with van der Waals surface area (Å²) in [7, 11) is 0. The van der Waals surface area contributed by atoms with Crippen LogP contribution in [-0.4, -0.2) is 92.4 Å². The second-order valence-corrected chi connectivity index (χ2v) is 9.45. The summed E-state index contributed by atoms with van der Waals surface area (Å²) in [4.78, 5) is 86.8. The Morgan fingerprint density at radius 3 is 2.31 bits per heavy atom. The zero-order valence-corrected chi connectivity index (χ0v) is 22.1. The van der Waals surface area contributed by atoms with Crippen molar-refractivity contribution in [2.75, 3.05) is 13.1 Å². The molecular formula is C27H27N5O10. The number of nitrogens with zero attached hydrogens (tertiary/aromatic N) is 3. The third kappa shape index (κ3) is 6.80. The molecule has 0 radical (unpaired) electrons. The van der Waals surface area contributed by atoms with Gasteiger partial charge in [-0.05, 0) is 61.4 Å². The normalized spacial score (nSPS) is 17.4. The zero-order valence-electron chi connectivity index (χ0n) is 22.1. The molecule has 42 heavy (non-hydrogen) atoms. The SMILES string of the molecule is O=C[C@H](CC(=O)O)NC(=O)[C@@H]1CCCN2C(=O)CCN(NC(=O)c3ccc(OC(=O)c4ccc(O)cc4)cc3)C(=O)N12. The number of rotatable bonds is 9. The van der Waals surface area contributed by atoms with Crippen LogP contribution in [0.1, 0.15) is 46.4 Å². The zero-order chi connectivity index (χ0) is 30.4. The van der Waals surface area contributed by atoms with Crippen LogP contribution in [0.15, 0.2) is 48.5 Å². The Balaban J connectivity index is 1.44. The standard InChI is InChI=1S/C27H27N5O10/c33-15-18(14-23(36)37)28-25(39)21-2-1-12-31-22(35)11-13-30(27(41)32(21)31)29-24(38)16-5-9-20(10-6-16)42-26(40)17-3-7-19(34)8-4-17/h3-10,15,18,21,34H,1-2,11-14H2,(H,28,39)(H,29,38)(H,36,37)/t18-,21-/m0/s1. The van der Waals surface area contributed by atoms with Gasteiger partial charge in [-0.1, -0.05) is 0 Å². The van der Waals surface area contributed by atoms with Crippen molar-refractivity contribution in [1.82, 2.24) is 25.8 Å². The Morgan fingerprint density at radius 1 is 1.00 bits per heavy atom. The van der Waals surface area contributed by atoms with Crippen molar-refractivity contribution in [2.24, 2.45) is 0 Å². The lowest BCUT2D eigenvalue weighted by atomic mass is 10.1. The molecule has 15 nitrogen and oxygen atoms in total. The molecule has 4 N–H and O–H groups in total. The molecule has 15 heteroatoms. The van der Waals surface area contributed by atoms with E-state index in [1.807, 2.05) is 0 Å². The maximum absolute atomic E-state index is 13.5. The molecule has 2 atom stereocenters. The predicted octanol–water partition coefficient (Wildman–Crippen LogP) is 0.448. The first-order chi connectivity index (χ1) is 20.1. The van der Waals surface area contributed by atoms with Gasteiger partial charge in [-0.15, -0.1) is 0 Å². The highest BCUT2D eigenvalue weighted by Crippen LogP contribution is 2.24. The molecule has 2 aliphatic rings. The number of carboxylic acids is 1. The molecule has 2 aromatic carbocycles. The molecule has 5 amide bonds. The van der Waals surface area contributed by atoms with Crippen LogP contribution in [0.25, 0.3) is 0 Å². The molecule has 4 rings (SSSR count). The number of ether oxygens (including phenoxy) is 1. The van der Waals surface area contributed by atoms with Gasteiger partial charge in [-0.3, -0.25) is 24.6 Å². The van der Waals surface area contributed by atoms with Crippen molar-refractivity contribution in [1.29, 1.82) is 0 Å². The molecule has 0 aromatic heterocycles. The van der Waals surface area contributed by atoms with E-state index in [9.17, 15) is 38.7 Å². The van der Waals surface area contributed by atoms with E-state index in [0.717, 1.165) is 15.0 Å². The minimum Gasteiger partial charge on any atom is -0.508 e. The number of hydrogen-bond donors (Lipinski definition) is 4. The quantitative estimate of drug-likeness (QED) is 0.183. The maximum Gasteiger partial charge on any atom is 0.358 e. The van der Waals surface area contributed by atoms with Gasteiger partial charge < -0.3 is 25.1 Å². The monoisotopic (exact) mass is 581 g/mol. The average molecular weight is 582 g/mol. The van der Waals surface area contributed by atoms with Crippen molar-refractivity contribution in [3.63, 3.8) is 0 Å². The first-order valence-corrected chi connectivity index (χ1v) is 12.9. The van der Waals surface area contributed by atoms with Gasteiger partial charge in [0, 0.05) is 18.5 Å². The van der Waals surface area contributed by atoms with Gasteiger partial charge in [0.25, 0.3) is 5.91 Å². The van der Waals surface area contributed by atoms with E-state index in [-0.39, 0.29) is 54.8 Å². The van der Waals surface area contributed by atoms with Gasteiger partial charge in [0.15, 0.2) is 0 Å². The van der Waals surface area contributed by atoms with Crippen LogP contribution in [0.3, 0.4) is 0 Å². The van der Waals surface area contributed by atoms with Crippen LogP contribution in [0.2, 0.25) is 0 Å². The molecular weight excluding hydrogens is 554 g/mol. The minimum absolute atomic E-state index is 0.0109. The Labute approximate surface area is 238 Å². The van der Waals surface area contributed by atoms with Crippen LogP contribution < -0.4 is 15.5 Å². The van der Waals surface area contributed by atoms with Gasteiger partial charge in [-0.2, -0.15) is 0 Å². The molecule has 2 fully saturated rings. The molecule has 0 saturated carbocycles. The number of carboxylic acid groups (broad SMARTS) is 1. The molecule has 0 unspecified atom stereocenters. The second-order valence-electron chi connectivity index (χ2n) is 9.45. The molecule has 0 spiro atoms. The highest BCUT2D eigenvalue weighted by Gasteiger charge is 2.44. The fourth-order valence-electron chi connectivity index (χ4n) is 4.44. The number of aldehydes is 1. The molecule has 0 aliphatic carbocycles. The fourth-order valence-corrected chi connectivity index (χ4v) is 4.44. The highest BCUT2D eigenvalue weighted by atomic mass is 16.5. The lowest BCUT2D eigenvalue weighted by Gasteiger charge is -2.42. The molecule has 2 aliphatic heterocycles. The maximum atomic E-state index is 13.5. The Morgan fingerprint density at radius 2 is 1.67 bits per heavy atom. The van der Waals surface area contributed by atoms with Crippen molar-refractivity contribution in [3.05, 3.63) is 59.7 Å². The first kappa shape index (κ1) is 29.5. The van der Waals surface area contributed by atoms with E-state index in [1.54, 1.807) is 0 Å². The summed E-state index contributed by atoms with van der Waals surface area (Å²) < 4.78 is 5.26. The number of nitrogens with one attached hydrogen (secondary N) is 2. The number of aromatic hydroxyl groups is 1. The number of benzene rings is 2. The van der Waals surface area contributed by atoms with E-state index in [2.05, 4.69) is 10.7 Å². The number of phenols is 1. The van der Waals surface area contributed by atoms with Gasteiger partial charge in [0.1, 0.15) is 23.8 Å². The van der Waals surface area contributed by atoms with E-state index >= 15 is 0 Å². The van der Waals surface area contributed by atoms with Crippen molar-refractivity contribution in [2.45, 2.75) is 37.8 Å². The van der Waals surface area contributed by atoms with Crippen molar-refractivity contribution < 1.29 is 48.5 Å². The van der Waals surface area contributed by atoms with Gasteiger partial charge in [-0.25, -0.2) is 24.6 Å². The molecule has 220 valence electrons. The summed E-state index contributed by atoms with van der Waals surface area (Å²) in [6, 6.07) is 7.46. The summed E-state index contributed by atoms with van der Waals surface area (Å²) in [5, 5.41) is 23.5. The molecule has 0 bridgehead atoms. The van der Waals surface area contributed by atoms with E-state index in [1.165, 1.54) is 48.5 Å². The van der Waals surface area contributed by atoms with Crippen LogP contribution in [-0.2, 0) is 19.2 Å². The van der Waals surface area contributed by atoms with Crippen LogP contribution >= 0.6 is 0 Å². The summed E-state index contributed by atoms with van der Waals surface area (Å²) in [6.07, 6.45) is -0.0386. The lowest BCUT2D eigenvalue weighted by molar-refractivity contribution is -0.155. The van der Waals surface area contributed by atoms with Gasteiger partial charge in [0.05, 0.1) is 24.6 Å². The number of fused-ring (bicyclic) bond motifs is 1. The van der Waals surface area contributed by atoms with Crippen LogP contribution in [0.4, 0.5) is 4.79 Å². The van der Waals surface area contributed by atoms with Gasteiger partial charge in [0.2, 0.25) is 11.8 Å². The van der Waals surface area contributed by atoms with Crippen LogP contribution in [0, 0.1) is 0 Å². The number of phenolic OH excluding ortho intramolecular Hbond substituents is 1.